The molecule has 1 aromatic heterocycles. The molecule has 0 bridgehead atoms. The highest BCUT2D eigenvalue weighted by Gasteiger charge is 2.27. The molecule has 0 unspecified atom stereocenters. The van der Waals surface area contributed by atoms with E-state index in [1.54, 1.807) is 40.4 Å². The van der Waals surface area contributed by atoms with Crippen LogP contribution in [0.3, 0.4) is 0 Å². The first kappa shape index (κ1) is 16.8. The summed E-state index contributed by atoms with van der Waals surface area (Å²) in [7, 11) is 0. The largest absolute Gasteiger partial charge is 0.286 e. The third kappa shape index (κ3) is 3.71. The van der Waals surface area contributed by atoms with Crippen LogP contribution < -0.4 is 0 Å². The molecule has 8 heteroatoms. The van der Waals surface area contributed by atoms with Crippen LogP contribution in [-0.4, -0.2) is 33.3 Å². The van der Waals surface area contributed by atoms with E-state index in [9.17, 15) is 4.79 Å². The van der Waals surface area contributed by atoms with Crippen molar-refractivity contribution < 1.29 is 4.79 Å². The lowest BCUT2D eigenvalue weighted by Gasteiger charge is -2.27. The van der Waals surface area contributed by atoms with Gasteiger partial charge in [-0.25, -0.2) is 9.98 Å². The highest BCUT2D eigenvalue weighted by atomic mass is 35.5. The Kier molecular flexibility index (Phi) is 5.26. The maximum absolute atomic E-state index is 12.8. The van der Waals surface area contributed by atoms with Crippen LogP contribution in [0.25, 0.3) is 0 Å². The summed E-state index contributed by atoms with van der Waals surface area (Å²) in [6, 6.07) is 5.19. The second-order valence-corrected chi connectivity index (χ2v) is 7.65. The van der Waals surface area contributed by atoms with E-state index >= 15 is 0 Å². The molecule has 1 aromatic carbocycles. The number of carbonyl (C=O) groups excluding carboxylic acids is 1. The molecule has 3 rings (SSSR count). The second kappa shape index (κ2) is 7.21. The van der Waals surface area contributed by atoms with Gasteiger partial charge in [-0.3, -0.25) is 9.69 Å². The Hall–Kier alpha value is -1.08. The van der Waals surface area contributed by atoms with Crippen molar-refractivity contribution in [1.82, 2.24) is 9.88 Å². The monoisotopic (exact) mass is 385 g/mol. The second-order valence-electron chi connectivity index (χ2n) is 4.92. The minimum atomic E-state index is -0.0454. The lowest BCUT2D eigenvalue weighted by Crippen LogP contribution is -2.39. The van der Waals surface area contributed by atoms with E-state index in [4.69, 9.17) is 23.2 Å². The summed E-state index contributed by atoms with van der Waals surface area (Å²) >= 11 is 14.9. The average Bonchev–Trinajstić information content (AvgIpc) is 2.97. The number of nitrogens with zero attached hydrogens (tertiary/aromatic N) is 3. The molecule has 120 valence electrons. The molecule has 0 aliphatic carbocycles. The SMILES string of the molecule is Cc1ncsc1C(=O)N1CCCSC1=Nc1ccc(Cl)c(Cl)c1. The van der Waals surface area contributed by atoms with Gasteiger partial charge >= 0.3 is 0 Å². The predicted octanol–water partition coefficient (Wildman–Crippen LogP) is 5.03. The van der Waals surface area contributed by atoms with Gasteiger partial charge in [0, 0.05) is 12.3 Å². The molecule has 0 spiro atoms. The third-order valence-electron chi connectivity index (χ3n) is 3.30. The first-order chi connectivity index (χ1) is 11.1. The van der Waals surface area contributed by atoms with Crippen LogP contribution in [0.2, 0.25) is 10.0 Å². The number of benzene rings is 1. The fraction of sp³-hybridized carbons (Fsp3) is 0.267. The van der Waals surface area contributed by atoms with Gasteiger partial charge in [-0.15, -0.1) is 11.3 Å². The number of hydrogen-bond acceptors (Lipinski definition) is 5. The molecule has 0 saturated carbocycles. The summed E-state index contributed by atoms with van der Waals surface area (Å²) < 4.78 is 0. The molecule has 1 fully saturated rings. The van der Waals surface area contributed by atoms with Crippen molar-refractivity contribution in [2.75, 3.05) is 12.3 Å². The summed E-state index contributed by atoms with van der Waals surface area (Å²) in [5.41, 5.74) is 3.13. The molecule has 1 aliphatic heterocycles. The maximum atomic E-state index is 12.8. The van der Waals surface area contributed by atoms with Crippen LogP contribution in [0.1, 0.15) is 21.8 Å². The van der Waals surface area contributed by atoms with Gasteiger partial charge in [0.15, 0.2) is 5.17 Å². The molecule has 0 radical (unpaired) electrons. The molecule has 2 heterocycles. The molecule has 1 saturated heterocycles. The van der Waals surface area contributed by atoms with Gasteiger partial charge < -0.3 is 0 Å². The van der Waals surface area contributed by atoms with Crippen LogP contribution in [-0.2, 0) is 0 Å². The minimum Gasteiger partial charge on any atom is -0.286 e. The number of halogens is 2. The molecule has 0 N–H and O–H groups in total. The van der Waals surface area contributed by atoms with Gasteiger partial charge in [-0.05, 0) is 31.5 Å². The quantitative estimate of drug-likeness (QED) is 0.728. The Labute approximate surface area is 152 Å². The van der Waals surface area contributed by atoms with Crippen molar-refractivity contribution in [2.45, 2.75) is 13.3 Å². The van der Waals surface area contributed by atoms with Crippen LogP contribution in [0.5, 0.6) is 0 Å². The Morgan fingerprint density at radius 3 is 2.87 bits per heavy atom. The van der Waals surface area contributed by atoms with Crippen molar-refractivity contribution in [3.8, 4) is 0 Å². The highest BCUT2D eigenvalue weighted by Crippen LogP contribution is 2.29. The van der Waals surface area contributed by atoms with E-state index < -0.39 is 0 Å². The van der Waals surface area contributed by atoms with Crippen molar-refractivity contribution in [2.24, 2.45) is 4.99 Å². The van der Waals surface area contributed by atoms with Crippen molar-refractivity contribution in [3.63, 3.8) is 0 Å². The number of aryl methyl sites for hydroxylation is 1. The van der Waals surface area contributed by atoms with Crippen molar-refractivity contribution in [1.29, 1.82) is 0 Å². The highest BCUT2D eigenvalue weighted by molar-refractivity contribution is 8.13. The van der Waals surface area contributed by atoms with Gasteiger partial charge in [0.1, 0.15) is 4.88 Å². The molecule has 23 heavy (non-hydrogen) atoms. The Bertz CT molecular complexity index is 776. The van der Waals surface area contributed by atoms with Gasteiger partial charge in [0.25, 0.3) is 5.91 Å². The lowest BCUT2D eigenvalue weighted by atomic mass is 10.3. The van der Waals surface area contributed by atoms with Crippen molar-refractivity contribution >= 4 is 63.1 Å². The van der Waals surface area contributed by atoms with Crippen LogP contribution in [0.15, 0.2) is 28.7 Å². The summed E-state index contributed by atoms with van der Waals surface area (Å²) in [5, 5.41) is 1.62. The first-order valence-corrected chi connectivity index (χ1v) is 9.57. The molecule has 0 atom stereocenters. The molecule has 1 aliphatic rings. The van der Waals surface area contributed by atoms with E-state index in [-0.39, 0.29) is 5.91 Å². The number of amides is 1. The number of aromatic nitrogens is 1. The normalized spacial score (nSPS) is 16.8. The average molecular weight is 386 g/mol. The van der Waals surface area contributed by atoms with Gasteiger partial charge in [0.05, 0.1) is 26.9 Å². The summed E-state index contributed by atoms with van der Waals surface area (Å²) in [4.78, 5) is 23.9. The van der Waals surface area contributed by atoms with E-state index in [1.165, 1.54) is 11.3 Å². The van der Waals surface area contributed by atoms with Crippen LogP contribution in [0, 0.1) is 6.92 Å². The van der Waals surface area contributed by atoms with Crippen LogP contribution in [0.4, 0.5) is 5.69 Å². The smallest absolute Gasteiger partial charge is 0.271 e. The van der Waals surface area contributed by atoms with E-state index in [1.807, 2.05) is 6.92 Å². The standard InChI is InChI=1S/C15H13Cl2N3OS2/c1-9-13(23-8-18-9)14(21)20-5-2-6-22-15(20)19-10-3-4-11(16)12(17)7-10/h3-4,7-8H,2,5-6H2,1H3. The van der Waals surface area contributed by atoms with E-state index in [0.717, 1.165) is 17.9 Å². The van der Waals surface area contributed by atoms with Gasteiger partial charge in [-0.1, -0.05) is 35.0 Å². The zero-order valence-corrected chi connectivity index (χ0v) is 15.4. The van der Waals surface area contributed by atoms with Crippen molar-refractivity contribution in [3.05, 3.63) is 44.3 Å². The third-order valence-corrected chi connectivity index (χ3v) is 6.02. The summed E-state index contributed by atoms with van der Waals surface area (Å²) in [5.74, 6) is 0.891. The van der Waals surface area contributed by atoms with Crippen LogP contribution >= 0.6 is 46.3 Å². The number of aliphatic imine (C=N–C) groups is 1. The molecule has 1 amide bonds. The zero-order chi connectivity index (χ0) is 16.4. The predicted molar refractivity (Wildman–Crippen MR) is 98.5 cm³/mol. The van der Waals surface area contributed by atoms with Gasteiger partial charge in [-0.2, -0.15) is 0 Å². The number of hydrogen-bond donors (Lipinski definition) is 0. The molecule has 2 aromatic rings. The van der Waals surface area contributed by atoms with E-state index in [2.05, 4.69) is 9.98 Å². The number of carbonyl (C=O) groups is 1. The summed E-state index contributed by atoms with van der Waals surface area (Å²) in [6.45, 7) is 2.50. The number of thiazole rings is 1. The fourth-order valence-electron chi connectivity index (χ4n) is 2.14. The Balaban J connectivity index is 1.92. The molecule has 4 nitrogen and oxygen atoms in total. The van der Waals surface area contributed by atoms with Gasteiger partial charge in [0.2, 0.25) is 0 Å². The number of amidine groups is 1. The summed E-state index contributed by atoms with van der Waals surface area (Å²) in [6.07, 6.45) is 0.939. The zero-order valence-electron chi connectivity index (χ0n) is 12.3. The lowest BCUT2D eigenvalue weighted by molar-refractivity contribution is 0.0853. The maximum Gasteiger partial charge on any atom is 0.271 e. The minimum absolute atomic E-state index is 0.0454. The molecular weight excluding hydrogens is 373 g/mol. The molecular formula is C15H13Cl2N3OS2. The van der Waals surface area contributed by atoms with E-state index in [0.29, 0.717) is 32.3 Å². The fourth-order valence-corrected chi connectivity index (χ4v) is 4.13. The number of thioether (sulfide) groups is 1. The number of rotatable bonds is 2. The first-order valence-electron chi connectivity index (χ1n) is 6.95. The Morgan fingerprint density at radius 1 is 1.35 bits per heavy atom. The Morgan fingerprint density at radius 2 is 2.17 bits per heavy atom. The topological polar surface area (TPSA) is 45.6 Å².